The monoisotopic (exact) mass is 450 g/mol. The van der Waals surface area contributed by atoms with Crippen LogP contribution in [0, 0.1) is 5.82 Å². The minimum absolute atomic E-state index is 0.0187. The van der Waals surface area contributed by atoms with E-state index in [1.54, 1.807) is 24.3 Å². The fourth-order valence-electron chi connectivity index (χ4n) is 2.69. The lowest BCUT2D eigenvalue weighted by Crippen LogP contribution is -2.13. The first-order valence-electron chi connectivity index (χ1n) is 8.11. The fourth-order valence-corrected chi connectivity index (χ4v) is 4.82. The molecule has 0 unspecified atom stereocenters. The van der Waals surface area contributed by atoms with Gasteiger partial charge in [0.05, 0.1) is 20.5 Å². The summed E-state index contributed by atoms with van der Waals surface area (Å²) in [4.78, 5) is 4.18. The van der Waals surface area contributed by atoms with Crippen molar-refractivity contribution in [3.8, 4) is 5.75 Å². The number of hydrogen-bond donors (Lipinski definition) is 3. The van der Waals surface area contributed by atoms with Crippen LogP contribution < -0.4 is 4.72 Å². The summed E-state index contributed by atoms with van der Waals surface area (Å²) in [5.74, 6) is -0.735. The number of aromatic amines is 1. The third-order valence-corrected chi connectivity index (χ3v) is 6.60. The molecule has 4 aromatic rings. The zero-order valence-electron chi connectivity index (χ0n) is 14.4. The summed E-state index contributed by atoms with van der Waals surface area (Å²) in [5, 5.41) is 18.1. The number of phenolic OH excluding ortho intramolecular Hbond substituents is 1. The topological polar surface area (TPSA) is 108 Å². The van der Waals surface area contributed by atoms with E-state index in [0.29, 0.717) is 20.8 Å². The maximum absolute atomic E-state index is 13.4. The van der Waals surface area contributed by atoms with Gasteiger partial charge in [0.25, 0.3) is 10.0 Å². The second-order valence-corrected chi connectivity index (χ2v) is 9.01. The van der Waals surface area contributed by atoms with Gasteiger partial charge in [-0.25, -0.2) is 17.8 Å². The van der Waals surface area contributed by atoms with Crippen LogP contribution >= 0.6 is 23.4 Å². The molecule has 1 aromatic heterocycles. The summed E-state index contributed by atoms with van der Waals surface area (Å²) in [5.41, 5.74) is 0.237. The largest absolute Gasteiger partial charge is 0.506 e. The number of sulfonamides is 1. The fraction of sp³-hybridized carbons (Fsp3) is 0. The highest BCUT2D eigenvalue weighted by molar-refractivity contribution is 7.99. The van der Waals surface area contributed by atoms with Crippen molar-refractivity contribution in [2.24, 2.45) is 0 Å². The van der Waals surface area contributed by atoms with Gasteiger partial charge in [-0.05, 0) is 36.0 Å². The van der Waals surface area contributed by atoms with Gasteiger partial charge in [0.15, 0.2) is 5.16 Å². The molecule has 0 amide bonds. The zero-order chi connectivity index (χ0) is 20.6. The molecule has 3 N–H and O–H groups in total. The first-order chi connectivity index (χ1) is 13.8. The van der Waals surface area contributed by atoms with Gasteiger partial charge in [-0.15, -0.1) is 0 Å². The van der Waals surface area contributed by atoms with Crippen molar-refractivity contribution in [3.05, 3.63) is 65.7 Å². The average Bonchev–Trinajstić information content (AvgIpc) is 3.20. The van der Waals surface area contributed by atoms with E-state index in [-0.39, 0.29) is 21.4 Å². The highest BCUT2D eigenvalue weighted by Crippen LogP contribution is 2.42. The molecule has 0 saturated heterocycles. The van der Waals surface area contributed by atoms with Gasteiger partial charge in [-0.3, -0.25) is 9.82 Å². The number of hydrogen-bond acceptors (Lipinski definition) is 6. The standard InChI is InChI=1S/C18H12ClFN4O3S2/c19-13-7-10(5-6-14(13)20)29(26,27)24-15-8-16(28-18-21-9-22-23-18)17(25)12-4-2-1-3-11(12)15/h1-9,24-25H,(H,21,22,23). The molecule has 1 heterocycles. The van der Waals surface area contributed by atoms with Crippen LogP contribution in [-0.2, 0) is 10.0 Å². The van der Waals surface area contributed by atoms with Crippen molar-refractivity contribution in [2.45, 2.75) is 14.9 Å². The summed E-state index contributed by atoms with van der Waals surface area (Å²) in [7, 11) is -4.06. The zero-order valence-corrected chi connectivity index (χ0v) is 16.8. The molecule has 0 bridgehead atoms. The van der Waals surface area contributed by atoms with Crippen LogP contribution in [-0.4, -0.2) is 28.7 Å². The van der Waals surface area contributed by atoms with Crippen molar-refractivity contribution < 1.29 is 17.9 Å². The maximum atomic E-state index is 13.4. The third-order valence-electron chi connectivity index (χ3n) is 4.03. The van der Waals surface area contributed by atoms with Gasteiger partial charge in [-0.1, -0.05) is 35.9 Å². The smallest absolute Gasteiger partial charge is 0.261 e. The molecule has 0 fully saturated rings. The summed E-state index contributed by atoms with van der Waals surface area (Å²) >= 11 is 6.81. The Morgan fingerprint density at radius 1 is 1.14 bits per heavy atom. The number of rotatable bonds is 5. The van der Waals surface area contributed by atoms with Crippen molar-refractivity contribution in [2.75, 3.05) is 4.72 Å². The van der Waals surface area contributed by atoms with E-state index >= 15 is 0 Å². The Bertz CT molecular complexity index is 1310. The van der Waals surface area contributed by atoms with E-state index in [9.17, 15) is 17.9 Å². The van der Waals surface area contributed by atoms with E-state index in [1.165, 1.54) is 12.4 Å². The van der Waals surface area contributed by atoms with Crippen LogP contribution in [0.2, 0.25) is 5.02 Å². The number of aromatic nitrogens is 3. The van der Waals surface area contributed by atoms with E-state index in [1.807, 2.05) is 0 Å². The second kappa shape index (κ2) is 7.54. The summed E-state index contributed by atoms with van der Waals surface area (Å²) < 4.78 is 41.6. The number of H-pyrrole nitrogens is 1. The van der Waals surface area contributed by atoms with Crippen LogP contribution in [0.3, 0.4) is 0 Å². The Hall–Kier alpha value is -2.82. The predicted molar refractivity (Wildman–Crippen MR) is 108 cm³/mol. The normalized spacial score (nSPS) is 11.7. The third kappa shape index (κ3) is 3.86. The van der Waals surface area contributed by atoms with Gasteiger partial charge < -0.3 is 5.11 Å². The Morgan fingerprint density at radius 3 is 2.59 bits per heavy atom. The molecule has 7 nitrogen and oxygen atoms in total. The lowest BCUT2D eigenvalue weighted by atomic mass is 10.1. The molecular weight excluding hydrogens is 439 g/mol. The number of aromatic hydroxyl groups is 1. The lowest BCUT2D eigenvalue weighted by Gasteiger charge is -2.14. The Morgan fingerprint density at radius 2 is 1.90 bits per heavy atom. The molecule has 0 saturated carbocycles. The number of nitrogens with zero attached hydrogens (tertiary/aromatic N) is 2. The molecule has 0 aliphatic heterocycles. The minimum Gasteiger partial charge on any atom is -0.506 e. The Labute approximate surface area is 174 Å². The van der Waals surface area contributed by atoms with Crippen molar-refractivity contribution in [3.63, 3.8) is 0 Å². The van der Waals surface area contributed by atoms with Gasteiger partial charge in [0.2, 0.25) is 0 Å². The highest BCUT2D eigenvalue weighted by atomic mass is 35.5. The van der Waals surface area contributed by atoms with Gasteiger partial charge in [0, 0.05) is 10.8 Å². The number of fused-ring (bicyclic) bond motifs is 1. The summed E-state index contributed by atoms with van der Waals surface area (Å²) in [6, 6.07) is 11.4. The minimum atomic E-state index is -4.06. The summed E-state index contributed by atoms with van der Waals surface area (Å²) in [6.07, 6.45) is 1.32. The average molecular weight is 451 g/mol. The molecule has 11 heteroatoms. The van der Waals surface area contributed by atoms with Crippen LogP contribution in [0.5, 0.6) is 5.75 Å². The van der Waals surface area contributed by atoms with Crippen LogP contribution in [0.15, 0.2) is 69.8 Å². The van der Waals surface area contributed by atoms with Crippen molar-refractivity contribution >= 4 is 49.8 Å². The van der Waals surface area contributed by atoms with Crippen LogP contribution in [0.4, 0.5) is 10.1 Å². The molecule has 0 atom stereocenters. The predicted octanol–water partition coefficient (Wildman–Crippen LogP) is 4.41. The summed E-state index contributed by atoms with van der Waals surface area (Å²) in [6.45, 7) is 0. The molecule has 0 spiro atoms. The van der Waals surface area contributed by atoms with Gasteiger partial charge >= 0.3 is 0 Å². The van der Waals surface area contributed by atoms with E-state index in [4.69, 9.17) is 11.6 Å². The quantitative estimate of drug-likeness (QED) is 0.389. The van der Waals surface area contributed by atoms with Crippen LogP contribution in [0.1, 0.15) is 0 Å². The SMILES string of the molecule is O=S(=O)(Nc1cc(Sc2ncn[nH]2)c(O)c2ccccc12)c1ccc(F)c(Cl)c1. The molecule has 4 rings (SSSR count). The Kier molecular flexibility index (Phi) is 5.07. The molecule has 3 aromatic carbocycles. The second-order valence-electron chi connectivity index (χ2n) is 5.89. The number of halogens is 2. The first-order valence-corrected chi connectivity index (χ1v) is 10.8. The van der Waals surface area contributed by atoms with Crippen molar-refractivity contribution in [1.29, 1.82) is 0 Å². The molecular formula is C18H12ClFN4O3S2. The molecule has 29 heavy (non-hydrogen) atoms. The van der Waals surface area contributed by atoms with E-state index in [0.717, 1.165) is 30.0 Å². The molecule has 0 aliphatic carbocycles. The first kappa shape index (κ1) is 19.5. The Balaban J connectivity index is 1.82. The maximum Gasteiger partial charge on any atom is 0.261 e. The number of phenols is 1. The van der Waals surface area contributed by atoms with Gasteiger partial charge in [-0.2, -0.15) is 5.10 Å². The number of nitrogens with one attached hydrogen (secondary N) is 2. The van der Waals surface area contributed by atoms with E-state index < -0.39 is 15.8 Å². The van der Waals surface area contributed by atoms with Gasteiger partial charge in [0.1, 0.15) is 17.9 Å². The van der Waals surface area contributed by atoms with Crippen molar-refractivity contribution in [1.82, 2.24) is 15.2 Å². The molecule has 0 radical (unpaired) electrons. The molecule has 148 valence electrons. The van der Waals surface area contributed by atoms with E-state index in [2.05, 4.69) is 19.9 Å². The number of benzene rings is 3. The number of anilines is 1. The highest BCUT2D eigenvalue weighted by Gasteiger charge is 2.20. The molecule has 0 aliphatic rings. The van der Waals surface area contributed by atoms with Crippen LogP contribution in [0.25, 0.3) is 10.8 Å². The lowest BCUT2D eigenvalue weighted by molar-refractivity contribution is 0.469.